The Bertz CT molecular complexity index is 613. The summed E-state index contributed by atoms with van der Waals surface area (Å²) in [7, 11) is 0. The molecule has 2 amide bonds. The van der Waals surface area contributed by atoms with Crippen molar-refractivity contribution in [2.24, 2.45) is 0 Å². The highest BCUT2D eigenvalue weighted by molar-refractivity contribution is 8.15. The Morgan fingerprint density at radius 2 is 1.96 bits per heavy atom. The maximum Gasteiger partial charge on any atom is 0.289 e. The van der Waals surface area contributed by atoms with Gasteiger partial charge in [-0.1, -0.05) is 31.7 Å². The molecule has 1 fully saturated rings. The van der Waals surface area contributed by atoms with Gasteiger partial charge in [0.05, 0.1) is 11.9 Å². The number of ether oxygens (including phenoxy) is 1. The van der Waals surface area contributed by atoms with E-state index in [9.17, 15) is 9.59 Å². The van der Waals surface area contributed by atoms with Crippen molar-refractivity contribution in [2.45, 2.75) is 52.2 Å². The van der Waals surface area contributed by atoms with Gasteiger partial charge in [-0.15, -0.1) is 0 Å². The number of imide groups is 1. The minimum absolute atomic E-state index is 0.0677. The fourth-order valence-corrected chi connectivity index (χ4v) is 3.89. The molecule has 2 rings (SSSR count). The molecular weight excluding hydrogens is 310 g/mol. The summed E-state index contributed by atoms with van der Waals surface area (Å²) in [4.78, 5) is 25.5. The molecule has 0 aromatic heterocycles. The standard InChI is InChI=1S/C18H25NO3S/c1-6-19-17(20)16(23-18(19)21)10-13-9-14(11(3)4)15(22-7-2)8-12(13)5/h8-9,11,16H,6-7,10H2,1-5H3/t16-/m1/s1. The highest BCUT2D eigenvalue weighted by Crippen LogP contribution is 2.34. The van der Waals surface area contributed by atoms with E-state index in [-0.39, 0.29) is 16.4 Å². The van der Waals surface area contributed by atoms with Gasteiger partial charge in [-0.05, 0) is 55.9 Å². The van der Waals surface area contributed by atoms with Crippen molar-refractivity contribution in [3.63, 3.8) is 0 Å². The summed E-state index contributed by atoms with van der Waals surface area (Å²) in [5, 5.41) is -0.436. The fourth-order valence-electron chi connectivity index (χ4n) is 2.81. The molecule has 1 aromatic carbocycles. The van der Waals surface area contributed by atoms with E-state index in [0.717, 1.165) is 34.2 Å². The first kappa shape index (κ1) is 17.9. The van der Waals surface area contributed by atoms with Gasteiger partial charge in [-0.25, -0.2) is 0 Å². The van der Waals surface area contributed by atoms with Crippen molar-refractivity contribution in [1.29, 1.82) is 0 Å². The summed E-state index contributed by atoms with van der Waals surface area (Å²) in [6, 6.07) is 4.19. The largest absolute Gasteiger partial charge is 0.494 e. The van der Waals surface area contributed by atoms with Crippen LogP contribution in [0.4, 0.5) is 4.79 Å². The molecule has 1 atom stereocenters. The SMILES string of the molecule is CCOc1cc(C)c(C[C@H]2SC(=O)N(CC)C2=O)cc1C(C)C. The summed E-state index contributed by atoms with van der Waals surface area (Å²) >= 11 is 1.14. The second kappa shape index (κ2) is 7.39. The smallest absolute Gasteiger partial charge is 0.289 e. The first-order valence-electron chi connectivity index (χ1n) is 8.17. The lowest BCUT2D eigenvalue weighted by Crippen LogP contribution is -2.31. The minimum atomic E-state index is -0.306. The van der Waals surface area contributed by atoms with Gasteiger partial charge in [-0.2, -0.15) is 0 Å². The maximum absolute atomic E-state index is 12.3. The number of aryl methyl sites for hydroxylation is 1. The van der Waals surface area contributed by atoms with Crippen LogP contribution in [-0.2, 0) is 11.2 Å². The molecule has 0 radical (unpaired) electrons. The Hall–Kier alpha value is -1.49. The van der Waals surface area contributed by atoms with Gasteiger partial charge in [0.1, 0.15) is 5.75 Å². The Morgan fingerprint density at radius 3 is 2.48 bits per heavy atom. The van der Waals surface area contributed by atoms with Gasteiger partial charge >= 0.3 is 0 Å². The second-order valence-electron chi connectivity index (χ2n) is 6.06. The molecule has 4 nitrogen and oxygen atoms in total. The average molecular weight is 335 g/mol. The summed E-state index contributed by atoms with van der Waals surface area (Å²) in [5.41, 5.74) is 3.38. The summed E-state index contributed by atoms with van der Waals surface area (Å²) in [6.45, 7) is 11.2. The first-order chi connectivity index (χ1) is 10.9. The van der Waals surface area contributed by atoms with Crippen molar-refractivity contribution in [3.05, 3.63) is 28.8 Å². The van der Waals surface area contributed by atoms with E-state index in [2.05, 4.69) is 26.0 Å². The fraction of sp³-hybridized carbons (Fsp3) is 0.556. The zero-order valence-corrected chi connectivity index (χ0v) is 15.3. The van der Waals surface area contributed by atoms with Gasteiger partial charge < -0.3 is 4.74 Å². The van der Waals surface area contributed by atoms with Crippen molar-refractivity contribution >= 4 is 22.9 Å². The van der Waals surface area contributed by atoms with Crippen LogP contribution in [-0.4, -0.2) is 34.4 Å². The van der Waals surface area contributed by atoms with Crippen LogP contribution in [0, 0.1) is 6.92 Å². The number of benzene rings is 1. The predicted molar refractivity (Wildman–Crippen MR) is 94.3 cm³/mol. The number of hydrogen-bond donors (Lipinski definition) is 0. The van der Waals surface area contributed by atoms with E-state index in [1.54, 1.807) is 0 Å². The number of carbonyl (C=O) groups excluding carboxylic acids is 2. The lowest BCUT2D eigenvalue weighted by molar-refractivity contribution is -0.126. The van der Waals surface area contributed by atoms with Crippen molar-refractivity contribution in [2.75, 3.05) is 13.2 Å². The Balaban J connectivity index is 2.28. The van der Waals surface area contributed by atoms with Crippen molar-refractivity contribution < 1.29 is 14.3 Å². The van der Waals surface area contributed by atoms with Crippen LogP contribution >= 0.6 is 11.8 Å². The Morgan fingerprint density at radius 1 is 1.26 bits per heavy atom. The summed E-state index contributed by atoms with van der Waals surface area (Å²) in [5.74, 6) is 1.19. The quantitative estimate of drug-likeness (QED) is 0.784. The first-order valence-corrected chi connectivity index (χ1v) is 9.05. The third-order valence-electron chi connectivity index (χ3n) is 4.12. The van der Waals surface area contributed by atoms with Crippen LogP contribution in [0.5, 0.6) is 5.75 Å². The summed E-state index contributed by atoms with van der Waals surface area (Å²) < 4.78 is 5.74. The molecule has 23 heavy (non-hydrogen) atoms. The highest BCUT2D eigenvalue weighted by Gasteiger charge is 2.38. The zero-order chi connectivity index (χ0) is 17.1. The molecule has 1 heterocycles. The van der Waals surface area contributed by atoms with Crippen LogP contribution in [0.25, 0.3) is 0 Å². The Kier molecular flexibility index (Phi) is 5.74. The second-order valence-corrected chi connectivity index (χ2v) is 7.22. The monoisotopic (exact) mass is 335 g/mol. The molecule has 0 unspecified atom stereocenters. The van der Waals surface area contributed by atoms with E-state index in [0.29, 0.717) is 25.5 Å². The third kappa shape index (κ3) is 3.71. The maximum atomic E-state index is 12.3. The highest BCUT2D eigenvalue weighted by atomic mass is 32.2. The van der Waals surface area contributed by atoms with Crippen LogP contribution in [0.3, 0.4) is 0 Å². The van der Waals surface area contributed by atoms with Crippen molar-refractivity contribution in [1.82, 2.24) is 4.90 Å². The Labute approximate surface area is 142 Å². The molecule has 0 aliphatic carbocycles. The molecule has 5 heteroatoms. The third-order valence-corrected chi connectivity index (χ3v) is 5.19. The molecule has 0 saturated carbocycles. The van der Waals surface area contributed by atoms with Gasteiger partial charge in [0.15, 0.2) is 0 Å². The van der Waals surface area contributed by atoms with Crippen LogP contribution in [0.15, 0.2) is 12.1 Å². The number of rotatable bonds is 6. The molecule has 1 aliphatic heterocycles. The van der Waals surface area contributed by atoms with E-state index in [4.69, 9.17) is 4.74 Å². The molecule has 0 N–H and O–H groups in total. The summed E-state index contributed by atoms with van der Waals surface area (Å²) in [6.07, 6.45) is 0.587. The van der Waals surface area contributed by atoms with Crippen LogP contribution < -0.4 is 4.74 Å². The molecule has 0 bridgehead atoms. The van der Waals surface area contributed by atoms with E-state index < -0.39 is 0 Å². The molecular formula is C18H25NO3S. The molecule has 126 valence electrons. The number of nitrogens with zero attached hydrogens (tertiary/aromatic N) is 1. The lowest BCUT2D eigenvalue weighted by atomic mass is 9.94. The van der Waals surface area contributed by atoms with Crippen LogP contribution in [0.2, 0.25) is 0 Å². The van der Waals surface area contributed by atoms with Gasteiger partial charge in [0.2, 0.25) is 5.91 Å². The van der Waals surface area contributed by atoms with Gasteiger partial charge in [0.25, 0.3) is 5.24 Å². The molecule has 0 spiro atoms. The van der Waals surface area contributed by atoms with Gasteiger partial charge in [-0.3, -0.25) is 14.5 Å². The molecule has 1 aliphatic rings. The molecule has 1 aromatic rings. The number of amides is 2. The normalized spacial score (nSPS) is 18.2. The van der Waals surface area contributed by atoms with E-state index in [1.807, 2.05) is 20.8 Å². The number of thioether (sulfide) groups is 1. The van der Waals surface area contributed by atoms with E-state index >= 15 is 0 Å². The topological polar surface area (TPSA) is 46.6 Å². The van der Waals surface area contributed by atoms with Crippen LogP contribution in [0.1, 0.15) is 50.3 Å². The number of hydrogen-bond acceptors (Lipinski definition) is 4. The van der Waals surface area contributed by atoms with Gasteiger partial charge in [0, 0.05) is 6.54 Å². The van der Waals surface area contributed by atoms with E-state index in [1.165, 1.54) is 4.90 Å². The number of carbonyl (C=O) groups is 2. The van der Waals surface area contributed by atoms with Crippen molar-refractivity contribution in [3.8, 4) is 5.75 Å². The average Bonchev–Trinajstić information content (AvgIpc) is 2.75. The predicted octanol–water partition coefficient (Wildman–Crippen LogP) is 4.14. The lowest BCUT2D eigenvalue weighted by Gasteiger charge is -2.18. The minimum Gasteiger partial charge on any atom is -0.494 e. The zero-order valence-electron chi connectivity index (χ0n) is 14.5. The molecule has 1 saturated heterocycles.